The molecular weight excluding hydrogens is 358 g/mol. The number of nitrogens with zero attached hydrogens (tertiary/aromatic N) is 1. The number of ether oxygens (including phenoxy) is 2. The summed E-state index contributed by atoms with van der Waals surface area (Å²) in [7, 11) is 3.06. The van der Waals surface area contributed by atoms with E-state index >= 15 is 0 Å². The third-order valence-corrected chi connectivity index (χ3v) is 4.77. The van der Waals surface area contributed by atoms with Crippen LogP contribution in [0.15, 0.2) is 42.5 Å². The number of carbonyl (C=O) groups excluding carboxylic acids is 2. The fourth-order valence-electron chi connectivity index (χ4n) is 3.26. The van der Waals surface area contributed by atoms with Crippen LogP contribution in [0.5, 0.6) is 11.5 Å². The minimum Gasteiger partial charge on any atom is -0.494 e. The fourth-order valence-corrected chi connectivity index (χ4v) is 3.26. The molecule has 1 atom stereocenters. The number of benzene rings is 2. The molecule has 0 radical (unpaired) electrons. The van der Waals surface area contributed by atoms with Gasteiger partial charge in [-0.2, -0.15) is 0 Å². The molecule has 7 nitrogen and oxygen atoms in total. The smallest absolute Gasteiger partial charge is 0.319 e. The number of aryl methyl sites for hydroxylation is 1. The number of para-hydroxylation sites is 1. The Bertz CT molecular complexity index is 829. The van der Waals surface area contributed by atoms with E-state index in [0.717, 1.165) is 11.3 Å². The molecule has 0 spiro atoms. The molecule has 2 N–H and O–H groups in total. The highest BCUT2D eigenvalue weighted by Crippen LogP contribution is 2.34. The van der Waals surface area contributed by atoms with Gasteiger partial charge in [0.1, 0.15) is 17.2 Å². The molecule has 28 heavy (non-hydrogen) atoms. The number of carbonyl (C=O) groups is 2. The van der Waals surface area contributed by atoms with Gasteiger partial charge in [-0.3, -0.25) is 4.79 Å². The zero-order chi connectivity index (χ0) is 20.1. The summed E-state index contributed by atoms with van der Waals surface area (Å²) in [4.78, 5) is 26.5. The number of amides is 3. The van der Waals surface area contributed by atoms with E-state index in [-0.39, 0.29) is 17.9 Å². The van der Waals surface area contributed by atoms with Gasteiger partial charge >= 0.3 is 6.03 Å². The first kappa shape index (κ1) is 19.5. The molecule has 3 amide bonds. The van der Waals surface area contributed by atoms with Crippen molar-refractivity contribution >= 4 is 23.3 Å². The average Bonchev–Trinajstić information content (AvgIpc) is 3.07. The minimum atomic E-state index is -0.371. The molecule has 1 unspecified atom stereocenters. The van der Waals surface area contributed by atoms with Crippen molar-refractivity contribution in [3.05, 3.63) is 48.0 Å². The highest BCUT2D eigenvalue weighted by atomic mass is 16.5. The third-order valence-electron chi connectivity index (χ3n) is 4.77. The van der Waals surface area contributed by atoms with Crippen LogP contribution in [0, 0.1) is 12.8 Å². The van der Waals surface area contributed by atoms with Crippen LogP contribution in [0.25, 0.3) is 0 Å². The Balaban J connectivity index is 1.57. The summed E-state index contributed by atoms with van der Waals surface area (Å²) in [5, 5.41) is 5.60. The van der Waals surface area contributed by atoms with E-state index < -0.39 is 0 Å². The quantitative estimate of drug-likeness (QED) is 0.803. The second-order valence-electron chi connectivity index (χ2n) is 6.78. The maximum atomic E-state index is 12.3. The first-order chi connectivity index (χ1) is 13.5. The number of urea groups is 1. The predicted octanol–water partition coefficient (Wildman–Crippen LogP) is 3.19. The summed E-state index contributed by atoms with van der Waals surface area (Å²) in [6, 6.07) is 12.8. The lowest BCUT2D eigenvalue weighted by atomic mass is 10.1. The lowest BCUT2D eigenvalue weighted by Crippen LogP contribution is -2.34. The number of methoxy groups -OCH3 is 2. The monoisotopic (exact) mass is 383 g/mol. The zero-order valence-electron chi connectivity index (χ0n) is 16.3. The molecular formula is C21H25N3O4. The second kappa shape index (κ2) is 8.65. The lowest BCUT2D eigenvalue weighted by Gasteiger charge is -2.18. The molecule has 1 saturated heterocycles. The molecule has 0 bridgehead atoms. The van der Waals surface area contributed by atoms with E-state index in [1.54, 1.807) is 23.1 Å². The average molecular weight is 383 g/mol. The maximum absolute atomic E-state index is 12.3. The van der Waals surface area contributed by atoms with Crippen LogP contribution in [0.2, 0.25) is 0 Å². The molecule has 3 rings (SSSR count). The number of hydrogen-bond acceptors (Lipinski definition) is 4. The molecule has 1 heterocycles. The van der Waals surface area contributed by atoms with Crippen LogP contribution in [0.4, 0.5) is 16.2 Å². The van der Waals surface area contributed by atoms with E-state index in [4.69, 9.17) is 9.47 Å². The largest absolute Gasteiger partial charge is 0.494 e. The Morgan fingerprint density at radius 2 is 1.75 bits per heavy atom. The van der Waals surface area contributed by atoms with Crippen molar-refractivity contribution in [3.8, 4) is 11.5 Å². The number of hydrogen-bond donors (Lipinski definition) is 2. The van der Waals surface area contributed by atoms with Crippen molar-refractivity contribution in [3.63, 3.8) is 0 Å². The molecule has 2 aromatic rings. The van der Waals surface area contributed by atoms with Crippen LogP contribution in [0.1, 0.15) is 12.0 Å². The first-order valence-corrected chi connectivity index (χ1v) is 9.14. The summed E-state index contributed by atoms with van der Waals surface area (Å²) in [5.41, 5.74) is 2.51. The topological polar surface area (TPSA) is 79.9 Å². The van der Waals surface area contributed by atoms with Crippen LogP contribution in [0.3, 0.4) is 0 Å². The van der Waals surface area contributed by atoms with Crippen LogP contribution >= 0.6 is 0 Å². The normalized spacial score (nSPS) is 16.0. The molecule has 1 fully saturated rings. The van der Waals surface area contributed by atoms with Crippen molar-refractivity contribution in [1.29, 1.82) is 0 Å². The van der Waals surface area contributed by atoms with E-state index in [1.807, 2.05) is 31.2 Å². The second-order valence-corrected chi connectivity index (χ2v) is 6.78. The van der Waals surface area contributed by atoms with Crippen LogP contribution in [-0.2, 0) is 4.79 Å². The Morgan fingerprint density at radius 1 is 1.11 bits per heavy atom. The van der Waals surface area contributed by atoms with Crippen LogP contribution in [-0.4, -0.2) is 39.2 Å². The van der Waals surface area contributed by atoms with Crippen LogP contribution < -0.4 is 25.0 Å². The molecule has 1 aliphatic rings. The molecule has 0 aromatic heterocycles. The molecule has 1 aliphatic heterocycles. The van der Waals surface area contributed by atoms with Gasteiger partial charge in [-0.05, 0) is 31.2 Å². The minimum absolute atomic E-state index is 0.0547. The molecule has 148 valence electrons. The fraction of sp³-hybridized carbons (Fsp3) is 0.333. The third kappa shape index (κ3) is 4.36. The standard InChI is InChI=1S/C21H25N3O4/c1-14-7-9-16(10-8-14)24-13-15(11-19(24)25)12-22-21(26)23-20-17(27-2)5-4-6-18(20)28-3/h4-10,15H,11-13H2,1-3H3,(H2,22,23,26). The van der Waals surface area contributed by atoms with Crippen molar-refractivity contribution in [2.75, 3.05) is 37.5 Å². The van der Waals surface area contributed by atoms with E-state index in [9.17, 15) is 9.59 Å². The number of rotatable bonds is 6. The number of anilines is 2. The Hall–Kier alpha value is -3.22. The van der Waals surface area contributed by atoms with Gasteiger partial charge in [0.2, 0.25) is 5.91 Å². The van der Waals surface area contributed by atoms with Gasteiger partial charge in [-0.15, -0.1) is 0 Å². The first-order valence-electron chi connectivity index (χ1n) is 9.14. The SMILES string of the molecule is COc1cccc(OC)c1NC(=O)NCC1CC(=O)N(c2ccc(C)cc2)C1. The van der Waals surface area contributed by atoms with Gasteiger partial charge < -0.3 is 25.0 Å². The van der Waals surface area contributed by atoms with E-state index in [0.29, 0.717) is 36.7 Å². The molecule has 0 saturated carbocycles. The van der Waals surface area contributed by atoms with Gasteiger partial charge in [0.05, 0.1) is 14.2 Å². The summed E-state index contributed by atoms with van der Waals surface area (Å²) < 4.78 is 10.6. The van der Waals surface area contributed by atoms with Crippen molar-refractivity contribution in [2.45, 2.75) is 13.3 Å². The number of nitrogens with one attached hydrogen (secondary N) is 2. The Kier molecular flexibility index (Phi) is 6.03. The zero-order valence-corrected chi connectivity index (χ0v) is 16.3. The molecule has 0 aliphatic carbocycles. The van der Waals surface area contributed by atoms with Crippen molar-refractivity contribution in [1.82, 2.24) is 5.32 Å². The van der Waals surface area contributed by atoms with Gasteiger partial charge in [-0.1, -0.05) is 23.8 Å². The van der Waals surface area contributed by atoms with E-state index in [1.165, 1.54) is 14.2 Å². The van der Waals surface area contributed by atoms with E-state index in [2.05, 4.69) is 10.6 Å². The predicted molar refractivity (Wildman–Crippen MR) is 108 cm³/mol. The van der Waals surface area contributed by atoms with Gasteiger partial charge in [0.15, 0.2) is 0 Å². The maximum Gasteiger partial charge on any atom is 0.319 e. The summed E-state index contributed by atoms with van der Waals surface area (Å²) >= 11 is 0. The summed E-state index contributed by atoms with van der Waals surface area (Å²) in [5.74, 6) is 1.15. The lowest BCUT2D eigenvalue weighted by molar-refractivity contribution is -0.117. The Labute approximate surface area is 164 Å². The summed E-state index contributed by atoms with van der Waals surface area (Å²) in [6.07, 6.45) is 0.409. The Morgan fingerprint density at radius 3 is 2.36 bits per heavy atom. The molecule has 2 aromatic carbocycles. The van der Waals surface area contributed by atoms with Gasteiger partial charge in [0, 0.05) is 31.1 Å². The van der Waals surface area contributed by atoms with Gasteiger partial charge in [0.25, 0.3) is 0 Å². The summed E-state index contributed by atoms with van der Waals surface area (Å²) in [6.45, 7) is 3.00. The van der Waals surface area contributed by atoms with Crippen molar-refractivity contribution < 1.29 is 19.1 Å². The van der Waals surface area contributed by atoms with Gasteiger partial charge in [-0.25, -0.2) is 4.79 Å². The molecule has 7 heteroatoms. The highest BCUT2D eigenvalue weighted by molar-refractivity contribution is 5.96. The van der Waals surface area contributed by atoms with Crippen molar-refractivity contribution in [2.24, 2.45) is 5.92 Å². The highest BCUT2D eigenvalue weighted by Gasteiger charge is 2.30.